The number of nitro groups is 2. The third-order valence-corrected chi connectivity index (χ3v) is 23.3. The third kappa shape index (κ3) is 30.4. The van der Waals surface area contributed by atoms with Crippen molar-refractivity contribution in [3.63, 3.8) is 0 Å². The molecule has 131 heavy (non-hydrogen) atoms. The molecule has 704 valence electrons. The molecule has 0 unspecified atom stereocenters. The molecule has 16 N–H and O–H groups in total. The van der Waals surface area contributed by atoms with Gasteiger partial charge in [0, 0.05) is 110 Å². The summed E-state index contributed by atoms with van der Waals surface area (Å²) >= 11 is 45.6. The van der Waals surface area contributed by atoms with Gasteiger partial charge in [0.05, 0.1) is 93.7 Å². The second-order valence-electron chi connectivity index (χ2n) is 29.3. The van der Waals surface area contributed by atoms with Gasteiger partial charge in [-0.15, -0.1) is 0 Å². The monoisotopic (exact) mass is 2100 g/mol. The number of amides is 2. The number of hydrogen-bond acceptors (Lipinski definition) is 27. The van der Waals surface area contributed by atoms with Crippen molar-refractivity contribution >= 4 is 206 Å². The van der Waals surface area contributed by atoms with Crippen molar-refractivity contribution in [2.24, 2.45) is 0 Å². The lowest BCUT2D eigenvalue weighted by atomic mass is 9.74. The van der Waals surface area contributed by atoms with Crippen LogP contribution < -0.4 is 58.6 Å². The van der Waals surface area contributed by atoms with Crippen LogP contribution in [-0.2, 0) is 36.8 Å². The maximum Gasteiger partial charge on any atom is 0.307 e. The molecule has 5 saturated carbocycles. The zero-order valence-corrected chi connectivity index (χ0v) is 78.2. The van der Waals surface area contributed by atoms with Gasteiger partial charge in [0.2, 0.25) is 47.6 Å². The van der Waals surface area contributed by atoms with Crippen molar-refractivity contribution < 1.29 is 89.3 Å². The molecule has 0 atom stereocenters. The van der Waals surface area contributed by atoms with E-state index in [1.54, 1.807) is 0 Å². The molecule has 2 aromatic heterocycles. The number of nitrogens with two attached hydrogens (primary N) is 3. The standard InChI is InChI=1S/C20H17ClF2N6O4.C13H11Cl2FN4O.C11H11ClFNO2.C10H11ClFNO.C7H4BrClFNO.C7H7FN2O3.C6H4BrClFN.C5H14N2.C4H6O/c1-33-17-7-13(23)16(29(31)32)8-15(17)27-19-25-9-24-18(28-19)26-14-6-11(21)12(22)5-10(14)20(30)3-2-4-20;14-8-5-10(19-12-18-6-17-11(15)20-12)7(4-9(8)16)13(21)2-1-3-13;12-8-5-10(14-6-15)7(4-9(8)13)11(16)2-1-3-11;11-7-5-9(13)6(4-8(7)12)10(14)2-1-3-10;8-4-1-6(10)5(9)2-7(4)11-3-12;1-13-7-2-4(8)6(10(11)12)3-5(7)9;7-3-1-5(9)4(8)2-6(3)10;1-6-4-5-7(2)3;5-4-2-1-3-4/h5-9,30H,2-4H2,1H3,(H2,24,25,26,27,28);4-6,21H,1-3H2,(H,17,18,19,20);4-6,16H,1-3H2,(H,14,15);4-5,14H,1-3,13H2;1-3H,(H,11,12);2-3H,9H2,1H3;1-2H,10H2;6H,4-5H2,1-3H3;1-3H2. The number of nitrogens with one attached hydrogen (secondary N) is 6. The molecule has 0 spiro atoms. The lowest BCUT2D eigenvalue weighted by Gasteiger charge is -2.38. The Bertz CT molecular complexity index is 5680. The number of halogens is 17. The SMILES string of the molecule is CNCCN(C)C.COc1cc(F)c([N+](=O)[O-])cc1N.COc1cc(F)c([N+](=O)[O-])cc1Nc1ncnc(Nc2cc(Cl)c(F)cc2C2(O)CCC2)n1.Nc1cc(Cl)c(F)cc1Br.Nc1cc(Cl)c(F)cc1C1(O)CCC1.O=C1CCC1.O=CNc1cc(Cl)c(F)cc1Br.O=CNc1cc(Cl)c(F)cc1C1(O)CCC1.OC1(c2cc(F)c(Cl)cc2Nc2ncnc(Cl)n2)CCC1. The summed E-state index contributed by atoms with van der Waals surface area (Å²) in [5.74, 6) is -4.69. The number of aromatic nitrogens is 6. The van der Waals surface area contributed by atoms with Gasteiger partial charge in [-0.1, -0.05) is 69.6 Å². The Kier molecular flexibility index (Phi) is 40.7. The molecular weight excluding hydrogens is 2020 g/mol. The number of Topliss-reactive ketones (excluding diaryl/α,β-unsaturated/α-hetero) is 1. The molecule has 15 rings (SSSR count). The van der Waals surface area contributed by atoms with Crippen LogP contribution in [0.15, 0.2) is 119 Å². The van der Waals surface area contributed by atoms with E-state index in [2.05, 4.69) is 117 Å². The number of rotatable bonds is 21. The number of carbonyl (C=O) groups excluding carboxylic acids is 3. The van der Waals surface area contributed by atoms with Gasteiger partial charge in [-0.05, 0) is 221 Å². The lowest BCUT2D eigenvalue weighted by molar-refractivity contribution is -0.387. The van der Waals surface area contributed by atoms with Gasteiger partial charge >= 0.3 is 11.4 Å². The molecule has 5 fully saturated rings. The molecule has 0 saturated heterocycles. The van der Waals surface area contributed by atoms with Crippen LogP contribution in [0.2, 0.25) is 35.4 Å². The van der Waals surface area contributed by atoms with Crippen LogP contribution in [0.5, 0.6) is 11.5 Å². The number of anilines is 11. The predicted octanol–water partition coefficient (Wildman–Crippen LogP) is 20.3. The van der Waals surface area contributed by atoms with Crippen LogP contribution in [0, 0.1) is 66.8 Å². The zero-order chi connectivity index (χ0) is 97.2. The van der Waals surface area contributed by atoms with Crippen LogP contribution >= 0.6 is 113 Å². The topological polar surface area (TPSA) is 468 Å². The van der Waals surface area contributed by atoms with Crippen LogP contribution in [0.4, 0.5) is 110 Å². The van der Waals surface area contributed by atoms with E-state index in [0.29, 0.717) is 135 Å². The van der Waals surface area contributed by atoms with E-state index in [0.717, 1.165) is 88.6 Å². The summed E-state index contributed by atoms with van der Waals surface area (Å²) in [4.78, 5) is 75.8. The van der Waals surface area contributed by atoms with E-state index in [9.17, 15) is 90.2 Å². The van der Waals surface area contributed by atoms with Crippen LogP contribution in [-0.4, -0.2) is 132 Å². The summed E-state index contributed by atoms with van der Waals surface area (Å²) in [5.41, 5.74) is 14.9. The Morgan fingerprint density at radius 2 is 0.794 bits per heavy atom. The lowest BCUT2D eigenvalue weighted by Crippen LogP contribution is -2.34. The molecule has 2 amide bonds. The van der Waals surface area contributed by atoms with Crippen LogP contribution in [0.3, 0.4) is 0 Å². The highest BCUT2D eigenvalue weighted by molar-refractivity contribution is 9.11. The van der Waals surface area contributed by atoms with Crippen molar-refractivity contribution in [3.8, 4) is 11.5 Å². The fraction of sp³-hybridized carbons (Fsp3) is 0.313. The molecule has 8 aromatic carbocycles. The first kappa shape index (κ1) is 108. The number of nitro benzene ring substituents is 2. The molecule has 2 heterocycles. The number of ketones is 1. The molecule has 5 aliphatic rings. The Morgan fingerprint density at radius 1 is 0.450 bits per heavy atom. The first-order valence-corrected chi connectivity index (χ1v) is 43.0. The summed E-state index contributed by atoms with van der Waals surface area (Å²) in [5, 5.41) is 78.8. The first-order valence-electron chi connectivity index (χ1n) is 38.8. The number of hydrogen-bond donors (Lipinski definition) is 13. The molecule has 5 aliphatic carbocycles. The summed E-state index contributed by atoms with van der Waals surface area (Å²) in [6.45, 7) is 2.20. The zero-order valence-electron chi connectivity index (χ0n) is 69.7. The maximum atomic E-state index is 14.1. The van der Waals surface area contributed by atoms with Crippen LogP contribution in [0.1, 0.15) is 119 Å². The number of benzene rings is 8. The van der Waals surface area contributed by atoms with Gasteiger partial charge in [-0.2, -0.15) is 18.7 Å². The summed E-state index contributed by atoms with van der Waals surface area (Å²) in [6.07, 6.45) is 14.2. The molecular formula is C83H85Br2Cl7F8N18O13. The molecule has 0 bridgehead atoms. The van der Waals surface area contributed by atoms with Crippen molar-refractivity contribution in [3.05, 3.63) is 243 Å². The van der Waals surface area contributed by atoms with Crippen LogP contribution in [0.25, 0.3) is 0 Å². The van der Waals surface area contributed by atoms with E-state index in [-0.39, 0.29) is 76.1 Å². The van der Waals surface area contributed by atoms with E-state index < -0.39 is 90.2 Å². The molecule has 0 radical (unpaired) electrons. The normalized spacial score (nSPS) is 14.4. The number of methoxy groups -OCH3 is 2. The fourth-order valence-electron chi connectivity index (χ4n) is 12.1. The average Bonchev–Trinajstić information content (AvgIpc) is 0.770. The quantitative estimate of drug-likeness (QED) is 0.00793. The highest BCUT2D eigenvalue weighted by atomic mass is 79.9. The fourth-order valence-corrected chi connectivity index (χ4v) is 14.0. The van der Waals surface area contributed by atoms with E-state index in [4.69, 9.17) is 103 Å². The predicted molar refractivity (Wildman–Crippen MR) is 493 cm³/mol. The molecule has 0 aliphatic heterocycles. The number of nitrogens with zero attached hydrogens (tertiary/aromatic N) is 9. The Morgan fingerprint density at radius 3 is 1.16 bits per heavy atom. The second-order valence-corrected chi connectivity index (χ2v) is 33.8. The van der Waals surface area contributed by atoms with Crippen molar-refractivity contribution in [2.45, 2.75) is 119 Å². The summed E-state index contributed by atoms with van der Waals surface area (Å²) in [7, 11) is 8.67. The maximum absolute atomic E-state index is 14.1. The van der Waals surface area contributed by atoms with Gasteiger partial charge in [0.15, 0.2) is 0 Å². The number of carbonyl (C=O) groups is 3. The smallest absolute Gasteiger partial charge is 0.307 e. The summed E-state index contributed by atoms with van der Waals surface area (Å²) in [6, 6.07) is 19.0. The van der Waals surface area contributed by atoms with Gasteiger partial charge in [-0.3, -0.25) is 34.6 Å². The minimum Gasteiger partial charge on any atom is -0.494 e. The minimum atomic E-state index is -1.19. The van der Waals surface area contributed by atoms with Gasteiger partial charge in [0.1, 0.15) is 64.8 Å². The Labute approximate surface area is 795 Å². The third-order valence-electron chi connectivity index (χ3n) is 20.0. The highest BCUT2D eigenvalue weighted by Crippen LogP contribution is 2.50. The van der Waals surface area contributed by atoms with E-state index in [1.165, 1.54) is 93.3 Å². The van der Waals surface area contributed by atoms with Crippen molar-refractivity contribution in [1.82, 2.24) is 40.1 Å². The number of likely N-dealkylation sites (N-methyl/N-ethyl adjacent to an activating group) is 2. The summed E-state index contributed by atoms with van der Waals surface area (Å²) < 4.78 is 117. The van der Waals surface area contributed by atoms with Gasteiger partial charge in [-0.25, -0.2) is 46.3 Å². The Balaban J connectivity index is 0.000000211. The molecule has 48 heteroatoms. The van der Waals surface area contributed by atoms with Gasteiger partial charge < -0.3 is 83.9 Å². The largest absolute Gasteiger partial charge is 0.494 e. The van der Waals surface area contributed by atoms with Crippen molar-refractivity contribution in [2.75, 3.05) is 92.2 Å². The minimum absolute atomic E-state index is 0.00539. The van der Waals surface area contributed by atoms with E-state index >= 15 is 0 Å². The van der Waals surface area contributed by atoms with Gasteiger partial charge in [0.25, 0.3) is 0 Å². The number of ether oxygens (including phenoxy) is 2. The molecule has 10 aromatic rings. The Hall–Kier alpha value is -10.2. The molecule has 31 nitrogen and oxygen atoms in total. The second kappa shape index (κ2) is 49.5. The van der Waals surface area contributed by atoms with E-state index in [1.807, 2.05) is 7.05 Å². The number of nitrogen functional groups attached to an aromatic ring is 3. The first-order chi connectivity index (χ1) is 61.7. The number of aliphatic hydroxyl groups is 4. The average molecular weight is 2100 g/mol. The van der Waals surface area contributed by atoms with Crippen molar-refractivity contribution in [1.29, 1.82) is 0 Å². The highest BCUT2D eigenvalue weighted by Gasteiger charge is 2.42.